The Labute approximate surface area is 110 Å². The van der Waals surface area contributed by atoms with Crippen molar-refractivity contribution >= 4 is 21.6 Å². The van der Waals surface area contributed by atoms with E-state index in [9.17, 15) is 0 Å². The molecule has 0 saturated carbocycles. The van der Waals surface area contributed by atoms with E-state index in [2.05, 4.69) is 51.5 Å². The Morgan fingerprint density at radius 1 is 1.35 bits per heavy atom. The number of anilines is 1. The molecule has 0 saturated heterocycles. The number of aryl methyl sites for hydroxylation is 3. The molecule has 0 amide bonds. The zero-order chi connectivity index (χ0) is 12.4. The van der Waals surface area contributed by atoms with Crippen molar-refractivity contribution in [2.24, 2.45) is 7.05 Å². The highest BCUT2D eigenvalue weighted by Gasteiger charge is 2.03. The fraction of sp³-hybridized carbons (Fsp3) is 0.308. The highest BCUT2D eigenvalue weighted by atomic mass is 79.9. The maximum absolute atomic E-state index is 4.30. The predicted octanol–water partition coefficient (Wildman–Crippen LogP) is 3.41. The van der Waals surface area contributed by atoms with E-state index in [0.717, 1.165) is 22.4 Å². The Hall–Kier alpha value is -1.29. The summed E-state index contributed by atoms with van der Waals surface area (Å²) < 4.78 is 2.97. The summed E-state index contributed by atoms with van der Waals surface area (Å²) in [5.74, 6) is 0. The summed E-state index contributed by atoms with van der Waals surface area (Å²) in [6.07, 6.45) is 2.00. The molecule has 0 aliphatic rings. The van der Waals surface area contributed by atoms with E-state index >= 15 is 0 Å². The lowest BCUT2D eigenvalue weighted by molar-refractivity contribution is 0.756. The number of hydrogen-bond donors (Lipinski definition) is 1. The minimum atomic E-state index is 0.811. The highest BCUT2D eigenvalue weighted by Crippen LogP contribution is 2.19. The third kappa shape index (κ3) is 2.88. The number of hydrogen-bond acceptors (Lipinski definition) is 2. The standard InChI is InChI=1S/C13H16BrN3/c1-9-4-5-11(6-12(9)14)7-15-13-8-17(3)16-10(13)2/h4-6,8,15H,7H2,1-3H3. The first-order chi connectivity index (χ1) is 8.06. The smallest absolute Gasteiger partial charge is 0.0825 e. The van der Waals surface area contributed by atoms with E-state index in [1.165, 1.54) is 11.1 Å². The fourth-order valence-corrected chi connectivity index (χ4v) is 2.14. The van der Waals surface area contributed by atoms with Gasteiger partial charge < -0.3 is 5.32 Å². The molecule has 3 nitrogen and oxygen atoms in total. The van der Waals surface area contributed by atoms with Crippen molar-refractivity contribution in [2.45, 2.75) is 20.4 Å². The summed E-state index contributed by atoms with van der Waals surface area (Å²) in [6.45, 7) is 4.91. The van der Waals surface area contributed by atoms with Gasteiger partial charge in [-0.25, -0.2) is 0 Å². The third-order valence-corrected chi connectivity index (χ3v) is 3.59. The molecule has 0 unspecified atom stereocenters. The first-order valence-corrected chi connectivity index (χ1v) is 6.34. The molecule has 0 aliphatic heterocycles. The molecule has 0 bridgehead atoms. The number of rotatable bonds is 3. The minimum Gasteiger partial charge on any atom is -0.378 e. The predicted molar refractivity (Wildman–Crippen MR) is 74.2 cm³/mol. The van der Waals surface area contributed by atoms with Gasteiger partial charge in [0.15, 0.2) is 0 Å². The van der Waals surface area contributed by atoms with E-state index in [1.54, 1.807) is 0 Å². The molecule has 0 spiro atoms. The molecule has 1 N–H and O–H groups in total. The van der Waals surface area contributed by atoms with Crippen LogP contribution in [0.15, 0.2) is 28.9 Å². The molecule has 17 heavy (non-hydrogen) atoms. The zero-order valence-corrected chi connectivity index (χ0v) is 11.9. The third-order valence-electron chi connectivity index (χ3n) is 2.73. The monoisotopic (exact) mass is 293 g/mol. The van der Waals surface area contributed by atoms with Gasteiger partial charge in [-0.15, -0.1) is 0 Å². The van der Waals surface area contributed by atoms with Gasteiger partial charge in [0.1, 0.15) is 0 Å². The van der Waals surface area contributed by atoms with Crippen LogP contribution >= 0.6 is 15.9 Å². The Bertz CT molecular complexity index is 531. The van der Waals surface area contributed by atoms with Gasteiger partial charge in [0.05, 0.1) is 11.4 Å². The number of aromatic nitrogens is 2. The summed E-state index contributed by atoms with van der Waals surface area (Å²) in [5.41, 5.74) is 4.62. The van der Waals surface area contributed by atoms with Crippen molar-refractivity contribution < 1.29 is 0 Å². The summed E-state index contributed by atoms with van der Waals surface area (Å²) in [7, 11) is 1.93. The van der Waals surface area contributed by atoms with Crippen LogP contribution in [0.4, 0.5) is 5.69 Å². The molecular weight excluding hydrogens is 278 g/mol. The van der Waals surface area contributed by atoms with Gasteiger partial charge in [-0.05, 0) is 31.0 Å². The molecule has 1 aromatic carbocycles. The van der Waals surface area contributed by atoms with E-state index in [0.29, 0.717) is 0 Å². The molecule has 1 heterocycles. The van der Waals surface area contributed by atoms with Crippen LogP contribution in [0.2, 0.25) is 0 Å². The van der Waals surface area contributed by atoms with Crippen LogP contribution < -0.4 is 5.32 Å². The number of halogens is 1. The lowest BCUT2D eigenvalue weighted by Gasteiger charge is -2.06. The van der Waals surface area contributed by atoms with Gasteiger partial charge in [-0.1, -0.05) is 28.1 Å². The van der Waals surface area contributed by atoms with Crippen molar-refractivity contribution in [3.63, 3.8) is 0 Å². The quantitative estimate of drug-likeness (QED) is 0.940. The van der Waals surface area contributed by atoms with Crippen LogP contribution in [0.3, 0.4) is 0 Å². The average Bonchev–Trinajstić information content (AvgIpc) is 2.59. The topological polar surface area (TPSA) is 29.9 Å². The second kappa shape index (κ2) is 4.92. The van der Waals surface area contributed by atoms with E-state index in [-0.39, 0.29) is 0 Å². The van der Waals surface area contributed by atoms with E-state index < -0.39 is 0 Å². The summed E-state index contributed by atoms with van der Waals surface area (Å²) in [5, 5.41) is 7.69. The molecular formula is C13H16BrN3. The van der Waals surface area contributed by atoms with Crippen LogP contribution in [0.5, 0.6) is 0 Å². The van der Waals surface area contributed by atoms with Crippen LogP contribution in [-0.2, 0) is 13.6 Å². The van der Waals surface area contributed by atoms with E-state index in [4.69, 9.17) is 0 Å². The first kappa shape index (κ1) is 12.2. The first-order valence-electron chi connectivity index (χ1n) is 5.55. The molecule has 0 atom stereocenters. The highest BCUT2D eigenvalue weighted by molar-refractivity contribution is 9.10. The lowest BCUT2D eigenvalue weighted by Crippen LogP contribution is -1.99. The second-order valence-electron chi connectivity index (χ2n) is 4.24. The summed E-state index contributed by atoms with van der Waals surface area (Å²) >= 11 is 3.55. The number of nitrogens with one attached hydrogen (secondary N) is 1. The van der Waals surface area contributed by atoms with Gasteiger partial charge in [0.2, 0.25) is 0 Å². The summed E-state index contributed by atoms with van der Waals surface area (Å²) in [6, 6.07) is 6.41. The average molecular weight is 294 g/mol. The Balaban J connectivity index is 2.07. The van der Waals surface area contributed by atoms with Crippen LogP contribution in [-0.4, -0.2) is 9.78 Å². The SMILES string of the molecule is Cc1ccc(CNc2cn(C)nc2C)cc1Br. The largest absolute Gasteiger partial charge is 0.378 e. The van der Waals surface area contributed by atoms with Crippen molar-refractivity contribution in [3.8, 4) is 0 Å². The van der Waals surface area contributed by atoms with Crippen molar-refractivity contribution in [1.29, 1.82) is 0 Å². The summed E-state index contributed by atoms with van der Waals surface area (Å²) in [4.78, 5) is 0. The molecule has 2 rings (SSSR count). The van der Waals surface area contributed by atoms with Crippen LogP contribution in [0.1, 0.15) is 16.8 Å². The normalized spacial score (nSPS) is 10.6. The van der Waals surface area contributed by atoms with Gasteiger partial charge in [0, 0.05) is 24.3 Å². The van der Waals surface area contributed by atoms with Crippen LogP contribution in [0, 0.1) is 13.8 Å². The van der Waals surface area contributed by atoms with Crippen molar-refractivity contribution in [1.82, 2.24) is 9.78 Å². The maximum Gasteiger partial charge on any atom is 0.0825 e. The Kier molecular flexibility index (Phi) is 3.52. The fourth-order valence-electron chi connectivity index (χ4n) is 1.72. The molecule has 2 aromatic rings. The number of benzene rings is 1. The van der Waals surface area contributed by atoms with Gasteiger partial charge >= 0.3 is 0 Å². The van der Waals surface area contributed by atoms with Crippen molar-refractivity contribution in [2.75, 3.05) is 5.32 Å². The molecule has 4 heteroatoms. The van der Waals surface area contributed by atoms with Crippen LogP contribution in [0.25, 0.3) is 0 Å². The maximum atomic E-state index is 4.30. The Morgan fingerprint density at radius 2 is 2.12 bits per heavy atom. The van der Waals surface area contributed by atoms with Gasteiger partial charge in [-0.3, -0.25) is 4.68 Å². The van der Waals surface area contributed by atoms with Gasteiger partial charge in [0.25, 0.3) is 0 Å². The molecule has 0 radical (unpaired) electrons. The van der Waals surface area contributed by atoms with Crippen molar-refractivity contribution in [3.05, 3.63) is 45.7 Å². The molecule has 0 fully saturated rings. The van der Waals surface area contributed by atoms with E-state index in [1.807, 2.05) is 24.9 Å². The zero-order valence-electron chi connectivity index (χ0n) is 10.3. The second-order valence-corrected chi connectivity index (χ2v) is 5.09. The minimum absolute atomic E-state index is 0.811. The van der Waals surface area contributed by atoms with Gasteiger partial charge in [-0.2, -0.15) is 5.10 Å². The molecule has 90 valence electrons. The molecule has 1 aromatic heterocycles. The number of nitrogens with zero attached hydrogens (tertiary/aromatic N) is 2. The lowest BCUT2D eigenvalue weighted by atomic mass is 10.1. The molecule has 0 aliphatic carbocycles. The Morgan fingerprint density at radius 3 is 2.71 bits per heavy atom.